The Morgan fingerprint density at radius 1 is 1.46 bits per heavy atom. The maximum Gasteiger partial charge on any atom is 0.223 e. The molecule has 1 aliphatic carbocycles. The van der Waals surface area contributed by atoms with Crippen molar-refractivity contribution < 1.29 is 4.79 Å². The SMILES string of the molecule is CCCCCNC(=O)C1CC(N)C1. The zero-order valence-electron chi connectivity index (χ0n) is 8.38. The lowest BCUT2D eigenvalue weighted by Crippen LogP contribution is -2.45. The molecule has 3 N–H and O–H groups in total. The molecular weight excluding hydrogens is 164 g/mol. The molecule has 1 amide bonds. The van der Waals surface area contributed by atoms with E-state index in [9.17, 15) is 4.79 Å². The highest BCUT2D eigenvalue weighted by Gasteiger charge is 2.31. The van der Waals surface area contributed by atoms with Crippen molar-refractivity contribution in [1.82, 2.24) is 5.32 Å². The molecule has 0 unspecified atom stereocenters. The first-order valence-corrected chi connectivity index (χ1v) is 5.27. The fourth-order valence-electron chi connectivity index (χ4n) is 1.61. The molecule has 1 fully saturated rings. The molecule has 0 saturated heterocycles. The molecule has 0 radical (unpaired) electrons. The fourth-order valence-corrected chi connectivity index (χ4v) is 1.61. The van der Waals surface area contributed by atoms with Crippen LogP contribution in [0.25, 0.3) is 0 Å². The van der Waals surface area contributed by atoms with Crippen molar-refractivity contribution in [3.8, 4) is 0 Å². The standard InChI is InChI=1S/C10H20N2O/c1-2-3-4-5-12-10(13)8-6-9(11)7-8/h8-9H,2-7,11H2,1H3,(H,12,13). The molecule has 0 heterocycles. The molecule has 0 aromatic rings. The van der Waals surface area contributed by atoms with E-state index in [1.807, 2.05) is 0 Å². The minimum atomic E-state index is 0.205. The van der Waals surface area contributed by atoms with Crippen LogP contribution in [0.5, 0.6) is 0 Å². The van der Waals surface area contributed by atoms with Crippen molar-refractivity contribution in [2.24, 2.45) is 11.7 Å². The van der Waals surface area contributed by atoms with Crippen LogP contribution in [0.3, 0.4) is 0 Å². The first-order valence-electron chi connectivity index (χ1n) is 5.27. The Labute approximate surface area is 80.1 Å². The number of unbranched alkanes of at least 4 members (excludes halogenated alkanes) is 2. The average molecular weight is 184 g/mol. The number of rotatable bonds is 5. The van der Waals surface area contributed by atoms with Gasteiger partial charge in [-0.05, 0) is 19.3 Å². The summed E-state index contributed by atoms with van der Waals surface area (Å²) in [5.41, 5.74) is 5.60. The van der Waals surface area contributed by atoms with Crippen molar-refractivity contribution in [2.45, 2.75) is 45.1 Å². The molecule has 3 heteroatoms. The zero-order valence-corrected chi connectivity index (χ0v) is 8.38. The Bertz CT molecular complexity index is 164. The van der Waals surface area contributed by atoms with E-state index in [2.05, 4.69) is 12.2 Å². The number of nitrogens with one attached hydrogen (secondary N) is 1. The van der Waals surface area contributed by atoms with Crippen molar-refractivity contribution in [3.63, 3.8) is 0 Å². The minimum absolute atomic E-state index is 0.205. The van der Waals surface area contributed by atoms with E-state index in [1.54, 1.807) is 0 Å². The Hall–Kier alpha value is -0.570. The van der Waals surface area contributed by atoms with E-state index in [0.29, 0.717) is 0 Å². The van der Waals surface area contributed by atoms with Crippen LogP contribution in [0.4, 0.5) is 0 Å². The molecular formula is C10H20N2O. The molecule has 0 atom stereocenters. The van der Waals surface area contributed by atoms with E-state index >= 15 is 0 Å². The highest BCUT2D eigenvalue weighted by Crippen LogP contribution is 2.25. The predicted molar refractivity (Wildman–Crippen MR) is 53.2 cm³/mol. The van der Waals surface area contributed by atoms with Gasteiger partial charge in [-0.15, -0.1) is 0 Å². The maximum atomic E-state index is 11.4. The number of carbonyl (C=O) groups excluding carboxylic acids is 1. The van der Waals surface area contributed by atoms with Gasteiger partial charge in [-0.25, -0.2) is 0 Å². The van der Waals surface area contributed by atoms with Crippen LogP contribution < -0.4 is 11.1 Å². The van der Waals surface area contributed by atoms with Gasteiger partial charge in [-0.3, -0.25) is 4.79 Å². The number of hydrogen-bond donors (Lipinski definition) is 2. The van der Waals surface area contributed by atoms with E-state index in [-0.39, 0.29) is 17.9 Å². The van der Waals surface area contributed by atoms with Crippen LogP contribution in [0.15, 0.2) is 0 Å². The summed E-state index contributed by atoms with van der Waals surface area (Å²) in [6.07, 6.45) is 5.24. The van der Waals surface area contributed by atoms with E-state index in [0.717, 1.165) is 25.8 Å². The summed E-state index contributed by atoms with van der Waals surface area (Å²) in [5, 5.41) is 2.95. The number of amides is 1. The molecule has 0 bridgehead atoms. The summed E-state index contributed by atoms with van der Waals surface area (Å²) in [6.45, 7) is 2.99. The number of hydrogen-bond acceptors (Lipinski definition) is 2. The third-order valence-electron chi connectivity index (χ3n) is 2.62. The molecule has 0 aromatic heterocycles. The molecule has 0 aromatic carbocycles. The molecule has 0 spiro atoms. The Balaban J connectivity index is 1.99. The van der Waals surface area contributed by atoms with Gasteiger partial charge in [0, 0.05) is 18.5 Å². The highest BCUT2D eigenvalue weighted by molar-refractivity contribution is 5.79. The molecule has 13 heavy (non-hydrogen) atoms. The van der Waals surface area contributed by atoms with Crippen molar-refractivity contribution in [2.75, 3.05) is 6.54 Å². The molecule has 1 rings (SSSR count). The second kappa shape index (κ2) is 5.22. The third-order valence-corrected chi connectivity index (χ3v) is 2.62. The maximum absolute atomic E-state index is 11.4. The Morgan fingerprint density at radius 2 is 2.15 bits per heavy atom. The van der Waals surface area contributed by atoms with Crippen LogP contribution in [-0.2, 0) is 4.79 Å². The predicted octanol–water partition coefficient (Wildman–Crippen LogP) is 1.03. The summed E-state index contributed by atoms with van der Waals surface area (Å²) in [6, 6.07) is 0.270. The molecule has 1 saturated carbocycles. The van der Waals surface area contributed by atoms with Gasteiger partial charge in [-0.1, -0.05) is 19.8 Å². The largest absolute Gasteiger partial charge is 0.356 e. The lowest BCUT2D eigenvalue weighted by atomic mass is 9.80. The van der Waals surface area contributed by atoms with Crippen molar-refractivity contribution in [3.05, 3.63) is 0 Å². The van der Waals surface area contributed by atoms with Gasteiger partial charge in [-0.2, -0.15) is 0 Å². The van der Waals surface area contributed by atoms with Crippen LogP contribution in [0, 0.1) is 5.92 Å². The normalized spacial score (nSPS) is 26.6. The summed E-state index contributed by atoms with van der Waals surface area (Å²) in [5.74, 6) is 0.412. The lowest BCUT2D eigenvalue weighted by Gasteiger charge is -2.31. The quantitative estimate of drug-likeness (QED) is 0.627. The zero-order chi connectivity index (χ0) is 9.68. The van der Waals surface area contributed by atoms with Gasteiger partial charge in [0.05, 0.1) is 0 Å². The van der Waals surface area contributed by atoms with Gasteiger partial charge in [0.2, 0.25) is 5.91 Å². The molecule has 1 aliphatic rings. The minimum Gasteiger partial charge on any atom is -0.356 e. The Kier molecular flexibility index (Phi) is 4.22. The third kappa shape index (κ3) is 3.35. The summed E-state index contributed by atoms with van der Waals surface area (Å²) < 4.78 is 0. The fraction of sp³-hybridized carbons (Fsp3) is 0.900. The lowest BCUT2D eigenvalue weighted by molar-refractivity contribution is -0.127. The summed E-state index contributed by atoms with van der Waals surface area (Å²) >= 11 is 0. The molecule has 3 nitrogen and oxygen atoms in total. The number of nitrogens with two attached hydrogens (primary N) is 1. The van der Waals surface area contributed by atoms with Crippen molar-refractivity contribution in [1.29, 1.82) is 0 Å². The first-order chi connectivity index (χ1) is 6.24. The average Bonchev–Trinajstić information content (AvgIpc) is 2.07. The van der Waals surface area contributed by atoms with Gasteiger partial charge in [0.25, 0.3) is 0 Å². The van der Waals surface area contributed by atoms with Crippen LogP contribution >= 0.6 is 0 Å². The smallest absolute Gasteiger partial charge is 0.223 e. The molecule has 0 aliphatic heterocycles. The van der Waals surface area contributed by atoms with E-state index < -0.39 is 0 Å². The van der Waals surface area contributed by atoms with Gasteiger partial charge in [0.1, 0.15) is 0 Å². The molecule has 76 valence electrons. The van der Waals surface area contributed by atoms with E-state index in [4.69, 9.17) is 5.73 Å². The Morgan fingerprint density at radius 3 is 2.69 bits per heavy atom. The van der Waals surface area contributed by atoms with Crippen LogP contribution in [0.2, 0.25) is 0 Å². The topological polar surface area (TPSA) is 55.1 Å². The second-order valence-electron chi connectivity index (χ2n) is 3.93. The highest BCUT2D eigenvalue weighted by atomic mass is 16.1. The van der Waals surface area contributed by atoms with Gasteiger partial charge in [0.15, 0.2) is 0 Å². The van der Waals surface area contributed by atoms with E-state index in [1.165, 1.54) is 12.8 Å². The van der Waals surface area contributed by atoms with Crippen LogP contribution in [0.1, 0.15) is 39.0 Å². The summed E-state index contributed by atoms with van der Waals surface area (Å²) in [7, 11) is 0. The monoisotopic (exact) mass is 184 g/mol. The second-order valence-corrected chi connectivity index (χ2v) is 3.93. The van der Waals surface area contributed by atoms with Gasteiger partial charge >= 0.3 is 0 Å². The van der Waals surface area contributed by atoms with Crippen LogP contribution in [-0.4, -0.2) is 18.5 Å². The first kappa shape index (κ1) is 10.5. The summed E-state index contributed by atoms with van der Waals surface area (Å²) in [4.78, 5) is 11.4. The van der Waals surface area contributed by atoms with Crippen molar-refractivity contribution >= 4 is 5.91 Å². The van der Waals surface area contributed by atoms with Gasteiger partial charge < -0.3 is 11.1 Å². The number of carbonyl (C=O) groups is 1.